The van der Waals surface area contributed by atoms with Crippen LogP contribution in [0.2, 0.25) is 5.02 Å². The molecule has 1 N–H and O–H groups in total. The molecule has 102 valence electrons. The summed E-state index contributed by atoms with van der Waals surface area (Å²) in [5, 5.41) is 14.2. The fraction of sp³-hybridized carbons (Fsp3) is 0.357. The lowest BCUT2D eigenvalue weighted by molar-refractivity contribution is 0.254. The second kappa shape index (κ2) is 5.63. The van der Waals surface area contributed by atoms with Crippen molar-refractivity contribution in [1.82, 2.24) is 9.78 Å². The van der Waals surface area contributed by atoms with E-state index in [1.165, 1.54) is 0 Å². The Bertz CT molecular complexity index is 593. The SMILES string of the molecule is Cc1cccc(CO)c1OCc1c(Cl)c(C)nn1C. The number of hydrogen-bond acceptors (Lipinski definition) is 3. The highest BCUT2D eigenvalue weighted by atomic mass is 35.5. The number of hydrogen-bond donors (Lipinski definition) is 1. The molecule has 19 heavy (non-hydrogen) atoms. The zero-order valence-corrected chi connectivity index (χ0v) is 12.0. The van der Waals surface area contributed by atoms with Crippen LogP contribution in [0.1, 0.15) is 22.5 Å². The highest BCUT2D eigenvalue weighted by Gasteiger charge is 2.13. The topological polar surface area (TPSA) is 47.3 Å². The van der Waals surface area contributed by atoms with Crippen molar-refractivity contribution in [2.75, 3.05) is 0 Å². The van der Waals surface area contributed by atoms with Gasteiger partial charge < -0.3 is 9.84 Å². The number of halogens is 1. The first-order valence-electron chi connectivity index (χ1n) is 6.04. The summed E-state index contributed by atoms with van der Waals surface area (Å²) in [6.07, 6.45) is 0. The van der Waals surface area contributed by atoms with E-state index in [-0.39, 0.29) is 6.61 Å². The fourth-order valence-corrected chi connectivity index (χ4v) is 2.24. The molecule has 0 aliphatic rings. The molecule has 0 fully saturated rings. The Kier molecular flexibility index (Phi) is 4.12. The molecule has 1 heterocycles. The van der Waals surface area contributed by atoms with Crippen LogP contribution in [0.3, 0.4) is 0 Å². The number of rotatable bonds is 4. The quantitative estimate of drug-likeness (QED) is 0.937. The smallest absolute Gasteiger partial charge is 0.131 e. The van der Waals surface area contributed by atoms with E-state index in [4.69, 9.17) is 16.3 Å². The monoisotopic (exact) mass is 280 g/mol. The number of benzene rings is 1. The number of ether oxygens (including phenoxy) is 1. The Labute approximate surface area is 117 Å². The Morgan fingerprint density at radius 2 is 2.11 bits per heavy atom. The summed E-state index contributed by atoms with van der Waals surface area (Å²) >= 11 is 6.18. The van der Waals surface area contributed by atoms with Gasteiger partial charge >= 0.3 is 0 Å². The molecule has 0 radical (unpaired) electrons. The lowest BCUT2D eigenvalue weighted by Crippen LogP contribution is -2.06. The van der Waals surface area contributed by atoms with Crippen LogP contribution >= 0.6 is 11.6 Å². The van der Waals surface area contributed by atoms with Gasteiger partial charge in [-0.2, -0.15) is 5.10 Å². The van der Waals surface area contributed by atoms with Gasteiger partial charge in [-0.1, -0.05) is 29.8 Å². The molecule has 5 heteroatoms. The molecule has 0 atom stereocenters. The summed E-state index contributed by atoms with van der Waals surface area (Å²) in [6.45, 7) is 4.09. The normalized spacial score (nSPS) is 10.8. The number of aliphatic hydroxyl groups excluding tert-OH is 1. The van der Waals surface area contributed by atoms with Gasteiger partial charge in [0.1, 0.15) is 12.4 Å². The van der Waals surface area contributed by atoms with Crippen LogP contribution in [-0.2, 0) is 20.3 Å². The molecular formula is C14H17ClN2O2. The molecule has 0 saturated carbocycles. The lowest BCUT2D eigenvalue weighted by atomic mass is 10.1. The molecule has 1 aromatic carbocycles. The van der Waals surface area contributed by atoms with Crippen LogP contribution in [0, 0.1) is 13.8 Å². The van der Waals surface area contributed by atoms with Crippen molar-refractivity contribution in [3.8, 4) is 5.75 Å². The summed E-state index contributed by atoms with van der Waals surface area (Å²) in [4.78, 5) is 0. The lowest BCUT2D eigenvalue weighted by Gasteiger charge is -2.13. The predicted molar refractivity (Wildman–Crippen MR) is 74.4 cm³/mol. The van der Waals surface area contributed by atoms with E-state index < -0.39 is 0 Å². The third-order valence-electron chi connectivity index (χ3n) is 3.08. The van der Waals surface area contributed by atoms with Crippen LogP contribution in [0.4, 0.5) is 0 Å². The van der Waals surface area contributed by atoms with Gasteiger partial charge in [0.05, 0.1) is 23.0 Å². The molecule has 0 aliphatic heterocycles. The standard InChI is InChI=1S/C14H17ClN2O2/c1-9-5-4-6-11(7-18)14(9)19-8-12-13(15)10(2)16-17(12)3/h4-6,18H,7-8H2,1-3H3. The summed E-state index contributed by atoms with van der Waals surface area (Å²) in [6, 6.07) is 5.69. The second-order valence-electron chi connectivity index (χ2n) is 4.48. The van der Waals surface area contributed by atoms with Gasteiger partial charge in [0.15, 0.2) is 0 Å². The van der Waals surface area contributed by atoms with Crippen molar-refractivity contribution in [3.05, 3.63) is 45.7 Å². The highest BCUT2D eigenvalue weighted by Crippen LogP contribution is 2.26. The van der Waals surface area contributed by atoms with Gasteiger partial charge in [0.2, 0.25) is 0 Å². The molecule has 2 aromatic rings. The zero-order chi connectivity index (χ0) is 14.0. The zero-order valence-electron chi connectivity index (χ0n) is 11.3. The minimum absolute atomic E-state index is 0.0465. The number of aliphatic hydroxyl groups is 1. The second-order valence-corrected chi connectivity index (χ2v) is 4.86. The Morgan fingerprint density at radius 3 is 2.68 bits per heavy atom. The van der Waals surface area contributed by atoms with E-state index in [0.29, 0.717) is 17.4 Å². The molecular weight excluding hydrogens is 264 g/mol. The van der Waals surface area contributed by atoms with Crippen molar-refractivity contribution < 1.29 is 9.84 Å². The van der Waals surface area contributed by atoms with Crippen LogP contribution in [-0.4, -0.2) is 14.9 Å². The van der Waals surface area contributed by atoms with Crippen molar-refractivity contribution in [3.63, 3.8) is 0 Å². The maximum absolute atomic E-state index is 9.33. The van der Waals surface area contributed by atoms with Gasteiger partial charge in [-0.05, 0) is 19.4 Å². The van der Waals surface area contributed by atoms with Gasteiger partial charge in [0, 0.05) is 12.6 Å². The average molecular weight is 281 g/mol. The minimum Gasteiger partial charge on any atom is -0.487 e. The van der Waals surface area contributed by atoms with E-state index in [1.54, 1.807) is 4.68 Å². The van der Waals surface area contributed by atoms with Crippen molar-refractivity contribution in [2.24, 2.45) is 7.05 Å². The van der Waals surface area contributed by atoms with Gasteiger partial charge in [-0.3, -0.25) is 4.68 Å². The van der Waals surface area contributed by atoms with Crippen LogP contribution in [0.5, 0.6) is 5.75 Å². The third kappa shape index (κ3) is 2.74. The molecule has 0 aliphatic carbocycles. The van der Waals surface area contributed by atoms with E-state index >= 15 is 0 Å². The molecule has 0 amide bonds. The van der Waals surface area contributed by atoms with Crippen molar-refractivity contribution in [2.45, 2.75) is 27.1 Å². The van der Waals surface area contributed by atoms with E-state index in [9.17, 15) is 5.11 Å². The summed E-state index contributed by atoms with van der Waals surface area (Å²) in [5.41, 5.74) is 3.37. The predicted octanol–water partition coefficient (Wildman–Crippen LogP) is 2.76. The summed E-state index contributed by atoms with van der Waals surface area (Å²) in [5.74, 6) is 0.708. The van der Waals surface area contributed by atoms with Gasteiger partial charge in [0.25, 0.3) is 0 Å². The van der Waals surface area contributed by atoms with Gasteiger partial charge in [-0.25, -0.2) is 0 Å². The molecule has 2 rings (SSSR count). The molecule has 0 unspecified atom stereocenters. The first kappa shape index (κ1) is 13.9. The van der Waals surface area contributed by atoms with E-state index in [0.717, 1.165) is 22.5 Å². The van der Waals surface area contributed by atoms with Crippen molar-refractivity contribution in [1.29, 1.82) is 0 Å². The molecule has 1 aromatic heterocycles. The average Bonchev–Trinajstić information content (AvgIpc) is 2.62. The van der Waals surface area contributed by atoms with E-state index in [2.05, 4.69) is 5.10 Å². The Morgan fingerprint density at radius 1 is 1.37 bits per heavy atom. The van der Waals surface area contributed by atoms with Crippen molar-refractivity contribution >= 4 is 11.6 Å². The third-order valence-corrected chi connectivity index (χ3v) is 3.57. The van der Waals surface area contributed by atoms with Gasteiger partial charge in [-0.15, -0.1) is 0 Å². The van der Waals surface area contributed by atoms with Crippen LogP contribution < -0.4 is 4.74 Å². The molecule has 0 spiro atoms. The maximum atomic E-state index is 9.33. The highest BCUT2D eigenvalue weighted by molar-refractivity contribution is 6.31. The number of para-hydroxylation sites is 1. The number of aryl methyl sites for hydroxylation is 3. The van der Waals surface area contributed by atoms with Crippen LogP contribution in [0.25, 0.3) is 0 Å². The van der Waals surface area contributed by atoms with Crippen LogP contribution in [0.15, 0.2) is 18.2 Å². The summed E-state index contributed by atoms with van der Waals surface area (Å²) < 4.78 is 7.53. The number of aromatic nitrogens is 2. The fourth-order valence-electron chi connectivity index (χ4n) is 2.02. The first-order valence-corrected chi connectivity index (χ1v) is 6.42. The Balaban J connectivity index is 2.24. The summed E-state index contributed by atoms with van der Waals surface area (Å²) in [7, 11) is 1.84. The Hall–Kier alpha value is -1.52. The molecule has 0 saturated heterocycles. The first-order chi connectivity index (χ1) is 9.04. The van der Waals surface area contributed by atoms with E-state index in [1.807, 2.05) is 39.1 Å². The molecule has 4 nitrogen and oxygen atoms in total. The maximum Gasteiger partial charge on any atom is 0.131 e. The number of nitrogens with zero attached hydrogens (tertiary/aromatic N) is 2. The minimum atomic E-state index is -0.0465. The largest absolute Gasteiger partial charge is 0.487 e. The molecule has 0 bridgehead atoms.